The molecule has 7 aliphatic carbocycles. The SMILES string of the molecule is Cc1nc(N2c3ccccc3C3C=CC=CC32)nc(N2c3cc(Cc4ccc(-c5ccc6c(c5)N(c5ccc(/C=C(/c7ccccc7)c7cccc(Cc8ccc(-c9ccc(N(c%10ccc%11c(c%10)C(C)(C)C%10C=CC=CC%11%10)c%10ccc%11c(c%10)C(C)(C)C%10C=CC=CC%11%10)cc9)s8)c7)cc5)C5CCCC65)s4)ccc3C3C=CC=CC32)n1. The van der Waals surface area contributed by atoms with E-state index in [9.17, 15) is 0 Å². The van der Waals surface area contributed by atoms with Crippen LogP contribution in [0.5, 0.6) is 0 Å². The van der Waals surface area contributed by atoms with E-state index < -0.39 is 0 Å². The number of hydrogen-bond donors (Lipinski definition) is 0. The monoisotopic (exact) mass is 1510 g/mol. The first-order valence-corrected chi connectivity index (χ1v) is 42.7. The number of allylic oxidation sites excluding steroid dienone is 12. The summed E-state index contributed by atoms with van der Waals surface area (Å²) in [5.74, 6) is 4.73. The molecule has 3 aliphatic heterocycles. The minimum Gasteiger partial charge on any atom is -0.337 e. The molecular formula is C105H89N7S2. The van der Waals surface area contributed by atoms with E-state index in [4.69, 9.17) is 15.0 Å². The fraction of sp³-hybridized carbons (Fsp3) is 0.210. The van der Waals surface area contributed by atoms with Gasteiger partial charge < -0.3 is 19.6 Å². The van der Waals surface area contributed by atoms with Gasteiger partial charge in [0.15, 0.2) is 0 Å². The van der Waals surface area contributed by atoms with E-state index in [0.717, 1.165) is 29.9 Å². The van der Waals surface area contributed by atoms with Crippen LogP contribution >= 0.6 is 22.7 Å². The molecule has 22 rings (SSSR count). The highest BCUT2D eigenvalue weighted by molar-refractivity contribution is 7.15. The number of nitrogens with zero attached hydrogens (tertiary/aromatic N) is 7. The molecule has 1 saturated carbocycles. The number of anilines is 9. The fourth-order valence-corrected chi connectivity index (χ4v) is 23.5. The van der Waals surface area contributed by atoms with E-state index in [1.54, 1.807) is 0 Å². The number of aryl methyl sites for hydroxylation is 1. The topological polar surface area (TPSA) is 51.6 Å². The lowest BCUT2D eigenvalue weighted by molar-refractivity contribution is 0.394. The van der Waals surface area contributed by atoms with Crippen LogP contribution in [0.15, 0.2) is 322 Å². The van der Waals surface area contributed by atoms with Gasteiger partial charge in [-0.25, -0.2) is 0 Å². The average molecular weight is 1510 g/mol. The lowest BCUT2D eigenvalue weighted by atomic mass is 9.74. The van der Waals surface area contributed by atoms with E-state index >= 15 is 0 Å². The molecule has 1 fully saturated rings. The Morgan fingerprint density at radius 1 is 0.421 bits per heavy atom. The number of thiophene rings is 2. The van der Waals surface area contributed by atoms with Crippen LogP contribution < -0.4 is 19.6 Å². The van der Waals surface area contributed by atoms with Crippen LogP contribution in [0.1, 0.15) is 159 Å². The summed E-state index contributed by atoms with van der Waals surface area (Å²) < 4.78 is 0. The second-order valence-electron chi connectivity index (χ2n) is 34.1. The minimum atomic E-state index is 0.00218. The quantitative estimate of drug-likeness (QED) is 0.0948. The lowest BCUT2D eigenvalue weighted by Crippen LogP contribution is -2.33. The first-order chi connectivity index (χ1) is 55.9. The number of fused-ring (bicyclic) bond motifs is 15. The second kappa shape index (κ2) is 27.2. The van der Waals surface area contributed by atoms with E-state index in [0.29, 0.717) is 53.4 Å². The molecule has 9 aromatic carbocycles. The summed E-state index contributed by atoms with van der Waals surface area (Å²) in [7, 11) is 0. The molecule has 3 aromatic heterocycles. The summed E-state index contributed by atoms with van der Waals surface area (Å²) in [4.78, 5) is 30.7. The van der Waals surface area contributed by atoms with Crippen molar-refractivity contribution < 1.29 is 0 Å². The first kappa shape index (κ1) is 69.0. The van der Waals surface area contributed by atoms with E-state index in [-0.39, 0.29) is 34.7 Å². The van der Waals surface area contributed by atoms with Crippen molar-refractivity contribution in [1.82, 2.24) is 15.0 Å². The zero-order valence-electron chi connectivity index (χ0n) is 64.9. The normalized spacial score (nSPS) is 23.3. The molecule has 10 atom stereocenters. The van der Waals surface area contributed by atoms with Crippen LogP contribution in [0, 0.1) is 18.8 Å². The molecule has 556 valence electrons. The molecule has 9 heteroatoms. The van der Waals surface area contributed by atoms with Crippen molar-refractivity contribution in [2.24, 2.45) is 11.8 Å². The van der Waals surface area contributed by atoms with Crippen LogP contribution in [-0.4, -0.2) is 33.1 Å². The Kier molecular flexibility index (Phi) is 16.5. The van der Waals surface area contributed by atoms with Gasteiger partial charge in [-0.05, 0) is 223 Å². The third kappa shape index (κ3) is 11.5. The van der Waals surface area contributed by atoms with Gasteiger partial charge in [0.25, 0.3) is 0 Å². The molecule has 0 saturated heterocycles. The Balaban J connectivity index is 0.512. The maximum Gasteiger partial charge on any atom is 0.235 e. The molecular weight excluding hydrogens is 1420 g/mol. The summed E-state index contributed by atoms with van der Waals surface area (Å²) in [6.45, 7) is 11.8. The highest BCUT2D eigenvalue weighted by Gasteiger charge is 2.48. The number of hydrogen-bond acceptors (Lipinski definition) is 9. The third-order valence-electron chi connectivity index (χ3n) is 26.9. The zero-order valence-corrected chi connectivity index (χ0v) is 66.6. The van der Waals surface area contributed by atoms with Crippen molar-refractivity contribution in [2.75, 3.05) is 19.6 Å². The van der Waals surface area contributed by atoms with Gasteiger partial charge in [0, 0.05) is 108 Å². The van der Waals surface area contributed by atoms with Gasteiger partial charge in [0.1, 0.15) is 5.82 Å². The van der Waals surface area contributed by atoms with Crippen molar-refractivity contribution in [3.63, 3.8) is 0 Å². The van der Waals surface area contributed by atoms with Gasteiger partial charge in [0.05, 0.1) is 12.1 Å². The molecule has 0 radical (unpaired) electrons. The van der Waals surface area contributed by atoms with Crippen LogP contribution in [-0.2, 0) is 23.7 Å². The standard InChI is InChI=1S/C105H89N7S2/c1-65-106-102(111-95-33-16-11-27-83(95)84-28-12-17-34-96(84)111)108-103(107-65)112-97-35-18-13-29-85(97)87-51-39-68(61-98(87)112)59-78-50-56-101(114-78)72-42-52-88-86-30-20-36-94(86)110(99(88)62-72)74-43-37-66(38-44-74)60-89(69-22-7-6-8-23-69)71-24-19-21-67(57-71)58-77-49-55-100(113-77)70-40-45-73(46-41-70)109(75-47-53-81-79-25-9-14-31-90(79)104(2,3)92(81)63-75)76-48-54-82-80-26-10-15-32-91(80)105(4,5)93(82)64-76/h6-19,21-29,31-35,37-57,60-64,79-80,83,85-86,90-91,94-95,97H,20,30,36,58-59H2,1-5H3/b89-60-. The van der Waals surface area contributed by atoms with E-state index in [2.05, 4.69) is 375 Å². The third-order valence-corrected chi connectivity index (χ3v) is 29.2. The van der Waals surface area contributed by atoms with E-state index in [1.807, 2.05) is 29.6 Å². The number of rotatable bonds is 15. The van der Waals surface area contributed by atoms with Crippen molar-refractivity contribution in [2.45, 2.75) is 125 Å². The predicted molar refractivity (Wildman–Crippen MR) is 475 cm³/mol. The number of benzene rings is 9. The van der Waals surface area contributed by atoms with Crippen molar-refractivity contribution in [3.8, 4) is 20.9 Å². The Morgan fingerprint density at radius 3 is 1.62 bits per heavy atom. The molecule has 10 unspecified atom stereocenters. The Hall–Kier alpha value is -11.8. The van der Waals surface area contributed by atoms with Gasteiger partial charge in [-0.2, -0.15) is 15.0 Å². The molecule has 0 N–H and O–H groups in total. The van der Waals surface area contributed by atoms with Crippen molar-refractivity contribution >= 4 is 86.0 Å². The summed E-state index contributed by atoms with van der Waals surface area (Å²) >= 11 is 3.82. The van der Waals surface area contributed by atoms with Gasteiger partial charge in [0.2, 0.25) is 11.9 Å². The smallest absolute Gasteiger partial charge is 0.235 e. The first-order valence-electron chi connectivity index (χ1n) is 41.1. The Labute approximate surface area is 677 Å². The molecule has 0 amide bonds. The molecule has 0 bridgehead atoms. The molecule has 7 nitrogen and oxygen atoms in total. The Morgan fingerprint density at radius 2 is 0.956 bits per heavy atom. The van der Waals surface area contributed by atoms with Crippen molar-refractivity contribution in [1.29, 1.82) is 0 Å². The maximum absolute atomic E-state index is 5.39. The highest BCUT2D eigenvalue weighted by atomic mass is 32.1. The molecule has 6 heterocycles. The summed E-state index contributed by atoms with van der Waals surface area (Å²) in [5.41, 5.74) is 28.3. The highest BCUT2D eigenvalue weighted by Crippen LogP contribution is 2.59. The van der Waals surface area contributed by atoms with E-state index in [1.165, 1.54) is 145 Å². The lowest BCUT2D eigenvalue weighted by Gasteiger charge is -2.31. The summed E-state index contributed by atoms with van der Waals surface area (Å²) in [5, 5.41) is 0. The average Bonchev–Trinajstić information content (AvgIpc) is 1.59. The Bertz CT molecular complexity index is 6070. The largest absolute Gasteiger partial charge is 0.337 e. The number of para-hydroxylation sites is 1. The molecule has 12 aromatic rings. The minimum absolute atomic E-state index is 0.00218. The summed E-state index contributed by atoms with van der Waals surface area (Å²) in [6.07, 6.45) is 44.3. The molecule has 114 heavy (non-hydrogen) atoms. The molecule has 0 spiro atoms. The van der Waals surface area contributed by atoms with Crippen LogP contribution in [0.2, 0.25) is 0 Å². The fourth-order valence-electron chi connectivity index (χ4n) is 21.4. The van der Waals surface area contributed by atoms with Gasteiger partial charge >= 0.3 is 0 Å². The van der Waals surface area contributed by atoms with Crippen LogP contribution in [0.3, 0.4) is 0 Å². The zero-order chi connectivity index (χ0) is 76.1. The van der Waals surface area contributed by atoms with Gasteiger partial charge in [-0.3, -0.25) is 0 Å². The maximum atomic E-state index is 5.39. The predicted octanol–water partition coefficient (Wildman–Crippen LogP) is 26.4. The van der Waals surface area contributed by atoms with Crippen LogP contribution in [0.25, 0.3) is 32.5 Å². The van der Waals surface area contributed by atoms with Gasteiger partial charge in [-0.15, -0.1) is 22.7 Å². The van der Waals surface area contributed by atoms with Crippen LogP contribution in [0.4, 0.5) is 51.7 Å². The second-order valence-corrected chi connectivity index (χ2v) is 36.4. The van der Waals surface area contributed by atoms with Gasteiger partial charge in [-0.1, -0.05) is 265 Å². The van der Waals surface area contributed by atoms with Crippen molar-refractivity contribution in [3.05, 3.63) is 404 Å². The summed E-state index contributed by atoms with van der Waals surface area (Å²) in [6, 6.07) is 86.7. The molecule has 10 aliphatic rings. The number of aromatic nitrogens is 3.